The summed E-state index contributed by atoms with van der Waals surface area (Å²) in [6.45, 7) is 4.23. The quantitative estimate of drug-likeness (QED) is 0.0363. The molecule has 60 heavy (non-hydrogen) atoms. The van der Waals surface area contributed by atoms with Crippen LogP contribution >= 0.6 is 0 Å². The largest absolute Gasteiger partial charge is 0.394 e. The van der Waals surface area contributed by atoms with E-state index in [1.807, 2.05) is 6.08 Å². The van der Waals surface area contributed by atoms with Crippen LogP contribution in [0.2, 0.25) is 0 Å². The molecule has 4 N–H and O–H groups in total. The van der Waals surface area contributed by atoms with Crippen molar-refractivity contribution in [3.8, 4) is 0 Å². The van der Waals surface area contributed by atoms with Gasteiger partial charge >= 0.3 is 0 Å². The average molecular weight is 844 g/mol. The molecule has 354 valence electrons. The van der Waals surface area contributed by atoms with E-state index in [9.17, 15) is 20.1 Å². The SMILES string of the molecule is CCCCCCCCCCC/C=C\C/C=C\CCCCCCCCCCCCCCCCCC(O)CC(=O)NC(CO)C(O)/C=C/CCCCCCCCCCCCCC. The first-order valence-electron chi connectivity index (χ1n) is 26.8. The maximum absolute atomic E-state index is 12.5. The highest BCUT2D eigenvalue weighted by Crippen LogP contribution is 2.17. The Hall–Kier alpha value is -1.43. The van der Waals surface area contributed by atoms with Crippen LogP contribution in [0, 0.1) is 0 Å². The second-order valence-corrected chi connectivity index (χ2v) is 18.5. The van der Waals surface area contributed by atoms with Gasteiger partial charge in [0.05, 0.1) is 31.3 Å². The number of carbonyl (C=O) groups is 1. The van der Waals surface area contributed by atoms with Crippen molar-refractivity contribution in [2.45, 2.75) is 302 Å². The zero-order chi connectivity index (χ0) is 43.7. The fraction of sp³-hybridized carbons (Fsp3) is 0.873. The molecule has 0 aromatic heterocycles. The molecule has 0 saturated heterocycles. The van der Waals surface area contributed by atoms with E-state index < -0.39 is 18.2 Å². The standard InChI is InChI=1S/C55H105NO4/c1-3-5-7-9-11-13-15-17-19-20-21-22-23-24-25-26-27-28-29-30-31-32-33-34-35-36-38-40-42-44-46-48-52(58)50-55(60)56-53(51-57)54(59)49-47-45-43-41-39-37-18-16-14-12-10-8-6-4-2/h21-22,24-25,47,49,52-54,57-59H,3-20,23,26-46,48,50-51H2,1-2H3,(H,56,60)/b22-21-,25-24-,49-47+. The summed E-state index contributed by atoms with van der Waals surface area (Å²) in [7, 11) is 0. The maximum atomic E-state index is 12.5. The van der Waals surface area contributed by atoms with Crippen LogP contribution in [0.1, 0.15) is 284 Å². The second-order valence-electron chi connectivity index (χ2n) is 18.5. The molecule has 0 fully saturated rings. The lowest BCUT2D eigenvalue weighted by Crippen LogP contribution is -2.45. The number of rotatable bonds is 49. The Morgan fingerprint density at radius 2 is 0.750 bits per heavy atom. The van der Waals surface area contributed by atoms with Crippen LogP contribution in [-0.2, 0) is 4.79 Å². The van der Waals surface area contributed by atoms with Crippen molar-refractivity contribution in [3.63, 3.8) is 0 Å². The van der Waals surface area contributed by atoms with Crippen LogP contribution in [0.3, 0.4) is 0 Å². The molecule has 0 aliphatic carbocycles. The fourth-order valence-corrected chi connectivity index (χ4v) is 8.31. The lowest BCUT2D eigenvalue weighted by molar-refractivity contribution is -0.124. The second kappa shape index (κ2) is 50.2. The van der Waals surface area contributed by atoms with Gasteiger partial charge in [0.1, 0.15) is 0 Å². The first-order chi connectivity index (χ1) is 29.5. The summed E-state index contributed by atoms with van der Waals surface area (Å²) in [5, 5.41) is 33.3. The van der Waals surface area contributed by atoms with Gasteiger partial charge in [0.25, 0.3) is 0 Å². The number of hydrogen-bond donors (Lipinski definition) is 4. The van der Waals surface area contributed by atoms with Crippen molar-refractivity contribution < 1.29 is 20.1 Å². The molecule has 0 aliphatic rings. The topological polar surface area (TPSA) is 89.8 Å². The summed E-state index contributed by atoms with van der Waals surface area (Å²) >= 11 is 0. The van der Waals surface area contributed by atoms with Gasteiger partial charge < -0.3 is 20.6 Å². The molecule has 0 aromatic carbocycles. The molecular formula is C55H105NO4. The van der Waals surface area contributed by atoms with Gasteiger partial charge in [0.15, 0.2) is 0 Å². The highest BCUT2D eigenvalue weighted by Gasteiger charge is 2.20. The number of amides is 1. The van der Waals surface area contributed by atoms with E-state index in [2.05, 4.69) is 43.5 Å². The van der Waals surface area contributed by atoms with E-state index in [4.69, 9.17) is 0 Å². The number of aliphatic hydroxyl groups excluding tert-OH is 3. The van der Waals surface area contributed by atoms with E-state index in [0.29, 0.717) is 6.42 Å². The summed E-state index contributed by atoms with van der Waals surface area (Å²) in [4.78, 5) is 12.5. The van der Waals surface area contributed by atoms with Crippen molar-refractivity contribution in [2.75, 3.05) is 6.61 Å². The smallest absolute Gasteiger partial charge is 0.222 e. The summed E-state index contributed by atoms with van der Waals surface area (Å²) in [5.74, 6) is -0.313. The summed E-state index contributed by atoms with van der Waals surface area (Å²) in [5.41, 5.74) is 0. The van der Waals surface area contributed by atoms with E-state index >= 15 is 0 Å². The third-order valence-electron chi connectivity index (χ3n) is 12.4. The molecule has 3 unspecified atom stereocenters. The molecule has 0 rings (SSSR count). The van der Waals surface area contributed by atoms with Gasteiger partial charge in [0, 0.05) is 0 Å². The Morgan fingerprint density at radius 3 is 1.10 bits per heavy atom. The average Bonchev–Trinajstić information content (AvgIpc) is 3.24. The molecule has 3 atom stereocenters. The molecule has 0 heterocycles. The molecule has 1 amide bonds. The molecule has 0 bridgehead atoms. The van der Waals surface area contributed by atoms with Crippen LogP contribution < -0.4 is 5.32 Å². The molecule has 0 aromatic rings. The van der Waals surface area contributed by atoms with E-state index in [1.165, 1.54) is 225 Å². The highest BCUT2D eigenvalue weighted by atomic mass is 16.3. The van der Waals surface area contributed by atoms with Crippen LogP contribution in [0.15, 0.2) is 36.5 Å². The summed E-state index contributed by atoms with van der Waals surface area (Å²) in [6, 6.07) is -0.743. The number of unbranched alkanes of at least 4 members (excludes halogenated alkanes) is 36. The Bertz CT molecular complexity index is 931. The van der Waals surface area contributed by atoms with Gasteiger partial charge in [0.2, 0.25) is 5.91 Å². The van der Waals surface area contributed by atoms with E-state index in [1.54, 1.807) is 6.08 Å². The number of allylic oxidation sites excluding steroid dienone is 5. The Balaban J connectivity index is 3.53. The zero-order valence-corrected chi connectivity index (χ0v) is 40.4. The minimum Gasteiger partial charge on any atom is -0.394 e. The normalized spacial score (nSPS) is 13.6. The monoisotopic (exact) mass is 844 g/mol. The van der Waals surface area contributed by atoms with Crippen LogP contribution in [0.25, 0.3) is 0 Å². The predicted molar refractivity (Wildman–Crippen MR) is 264 cm³/mol. The Kier molecular flexibility index (Phi) is 49.0. The van der Waals surface area contributed by atoms with Gasteiger partial charge in [-0.1, -0.05) is 262 Å². The van der Waals surface area contributed by atoms with Crippen molar-refractivity contribution >= 4 is 5.91 Å². The Labute approximate surface area is 374 Å². The molecule has 0 aliphatic heterocycles. The molecule has 0 radical (unpaired) electrons. The van der Waals surface area contributed by atoms with Crippen molar-refractivity contribution in [3.05, 3.63) is 36.5 Å². The van der Waals surface area contributed by atoms with Gasteiger partial charge in [-0.3, -0.25) is 4.79 Å². The van der Waals surface area contributed by atoms with Gasteiger partial charge in [-0.2, -0.15) is 0 Å². The van der Waals surface area contributed by atoms with Gasteiger partial charge in [-0.25, -0.2) is 0 Å². The molecule has 0 saturated carbocycles. The van der Waals surface area contributed by atoms with Gasteiger partial charge in [-0.15, -0.1) is 0 Å². The zero-order valence-electron chi connectivity index (χ0n) is 40.4. The third-order valence-corrected chi connectivity index (χ3v) is 12.4. The molecular weight excluding hydrogens is 739 g/mol. The van der Waals surface area contributed by atoms with Crippen molar-refractivity contribution in [1.82, 2.24) is 5.32 Å². The minimum absolute atomic E-state index is 0.0150. The van der Waals surface area contributed by atoms with Crippen molar-refractivity contribution in [2.24, 2.45) is 0 Å². The van der Waals surface area contributed by atoms with Crippen molar-refractivity contribution in [1.29, 1.82) is 0 Å². The summed E-state index contributed by atoms with van der Waals surface area (Å²) < 4.78 is 0. The first kappa shape index (κ1) is 58.6. The van der Waals surface area contributed by atoms with E-state index in [0.717, 1.165) is 32.1 Å². The van der Waals surface area contributed by atoms with Gasteiger partial charge in [-0.05, 0) is 51.4 Å². The predicted octanol–water partition coefficient (Wildman–Crippen LogP) is 16.3. The van der Waals surface area contributed by atoms with Crippen LogP contribution in [-0.4, -0.2) is 46.1 Å². The molecule has 0 spiro atoms. The molecule has 5 heteroatoms. The minimum atomic E-state index is -0.927. The highest BCUT2D eigenvalue weighted by molar-refractivity contribution is 5.76. The first-order valence-corrected chi connectivity index (χ1v) is 26.8. The number of hydrogen-bond acceptors (Lipinski definition) is 4. The fourth-order valence-electron chi connectivity index (χ4n) is 8.31. The van der Waals surface area contributed by atoms with E-state index in [-0.39, 0.29) is 18.9 Å². The Morgan fingerprint density at radius 1 is 0.433 bits per heavy atom. The number of nitrogens with one attached hydrogen (secondary N) is 1. The van der Waals surface area contributed by atoms with Crippen LogP contribution in [0.4, 0.5) is 0 Å². The van der Waals surface area contributed by atoms with Crippen LogP contribution in [0.5, 0.6) is 0 Å². The molecule has 5 nitrogen and oxygen atoms in total. The lowest BCUT2D eigenvalue weighted by atomic mass is 10.0. The summed E-state index contributed by atoms with van der Waals surface area (Å²) in [6.07, 6.45) is 64.7. The number of carbonyl (C=O) groups excluding carboxylic acids is 1. The third kappa shape index (κ3) is 46.1. The lowest BCUT2D eigenvalue weighted by Gasteiger charge is -2.21. The maximum Gasteiger partial charge on any atom is 0.222 e. The number of aliphatic hydroxyl groups is 3.